The lowest BCUT2D eigenvalue weighted by atomic mass is 9.88. The summed E-state index contributed by atoms with van der Waals surface area (Å²) in [6.07, 6.45) is 5.36. The van der Waals surface area contributed by atoms with E-state index in [0.29, 0.717) is 17.9 Å². The zero-order valence-electron chi connectivity index (χ0n) is 15.2. The van der Waals surface area contributed by atoms with Gasteiger partial charge in [0, 0.05) is 7.11 Å². The van der Waals surface area contributed by atoms with Gasteiger partial charge in [0.1, 0.15) is 0 Å². The van der Waals surface area contributed by atoms with Crippen molar-refractivity contribution < 1.29 is 9.47 Å². The summed E-state index contributed by atoms with van der Waals surface area (Å²) in [5.74, 6) is 0.569. The van der Waals surface area contributed by atoms with E-state index in [2.05, 4.69) is 48.5 Å². The SMILES string of the molecule is COC(COCC(C)(C)C)C(C)CCCCC(C)(C)C. The molecule has 0 radical (unpaired) electrons. The van der Waals surface area contributed by atoms with E-state index in [1.807, 2.05) is 0 Å². The molecule has 2 heteroatoms. The van der Waals surface area contributed by atoms with E-state index in [0.717, 1.165) is 6.61 Å². The standard InChI is InChI=1S/C18H38O2/c1-15(11-9-10-12-17(2,3)4)16(19-8)13-20-14-18(5,6)7/h15-16H,9-14H2,1-8H3. The van der Waals surface area contributed by atoms with Crippen LogP contribution in [0.2, 0.25) is 0 Å². The van der Waals surface area contributed by atoms with Crippen molar-refractivity contribution in [3.63, 3.8) is 0 Å². The van der Waals surface area contributed by atoms with Gasteiger partial charge in [0.15, 0.2) is 0 Å². The first kappa shape index (κ1) is 19.9. The number of hydrogen-bond donors (Lipinski definition) is 0. The highest BCUT2D eigenvalue weighted by Gasteiger charge is 2.19. The molecule has 0 fully saturated rings. The molecule has 0 aromatic rings. The molecule has 2 nitrogen and oxygen atoms in total. The average molecular weight is 286 g/mol. The molecule has 0 aliphatic rings. The summed E-state index contributed by atoms with van der Waals surface area (Å²) in [6.45, 7) is 17.3. The Bertz CT molecular complexity index is 235. The second-order valence-corrected chi connectivity index (χ2v) is 8.63. The summed E-state index contributed by atoms with van der Waals surface area (Å²) in [6, 6.07) is 0. The van der Waals surface area contributed by atoms with Crippen LogP contribution in [-0.2, 0) is 9.47 Å². The molecular weight excluding hydrogens is 248 g/mol. The minimum absolute atomic E-state index is 0.229. The van der Waals surface area contributed by atoms with Crippen LogP contribution in [0.5, 0.6) is 0 Å². The van der Waals surface area contributed by atoms with Gasteiger partial charge < -0.3 is 9.47 Å². The van der Waals surface area contributed by atoms with Crippen LogP contribution in [0.3, 0.4) is 0 Å². The van der Waals surface area contributed by atoms with Crippen LogP contribution in [0.4, 0.5) is 0 Å². The molecule has 0 spiro atoms. The largest absolute Gasteiger partial charge is 0.379 e. The molecule has 122 valence electrons. The van der Waals surface area contributed by atoms with Gasteiger partial charge in [-0.1, -0.05) is 61.3 Å². The Morgan fingerprint density at radius 3 is 1.95 bits per heavy atom. The van der Waals surface area contributed by atoms with E-state index < -0.39 is 0 Å². The molecule has 0 aliphatic carbocycles. The number of ether oxygens (including phenoxy) is 2. The van der Waals surface area contributed by atoms with Crippen molar-refractivity contribution in [2.75, 3.05) is 20.3 Å². The molecular formula is C18H38O2. The van der Waals surface area contributed by atoms with Crippen LogP contribution in [0.25, 0.3) is 0 Å². The molecule has 0 N–H and O–H groups in total. The van der Waals surface area contributed by atoms with Crippen LogP contribution >= 0.6 is 0 Å². The van der Waals surface area contributed by atoms with E-state index in [4.69, 9.17) is 9.47 Å². The fourth-order valence-corrected chi connectivity index (χ4v) is 2.25. The summed E-state index contributed by atoms with van der Waals surface area (Å²) in [4.78, 5) is 0. The van der Waals surface area contributed by atoms with E-state index in [1.54, 1.807) is 7.11 Å². The van der Waals surface area contributed by atoms with Gasteiger partial charge in [0.05, 0.1) is 19.3 Å². The molecule has 0 bridgehead atoms. The number of methoxy groups -OCH3 is 1. The highest BCUT2D eigenvalue weighted by molar-refractivity contribution is 4.68. The molecule has 0 rings (SSSR count). The van der Waals surface area contributed by atoms with E-state index in [1.165, 1.54) is 25.7 Å². The second kappa shape index (κ2) is 9.04. The van der Waals surface area contributed by atoms with Crippen LogP contribution in [0.1, 0.15) is 74.1 Å². The highest BCUT2D eigenvalue weighted by atomic mass is 16.5. The molecule has 0 aromatic carbocycles. The summed E-state index contributed by atoms with van der Waals surface area (Å²) in [7, 11) is 1.80. The second-order valence-electron chi connectivity index (χ2n) is 8.63. The fourth-order valence-electron chi connectivity index (χ4n) is 2.25. The third kappa shape index (κ3) is 11.7. The third-order valence-corrected chi connectivity index (χ3v) is 3.59. The number of unbranched alkanes of at least 4 members (excludes halogenated alkanes) is 1. The molecule has 0 saturated carbocycles. The Hall–Kier alpha value is -0.0800. The van der Waals surface area contributed by atoms with Crippen LogP contribution in [0.15, 0.2) is 0 Å². The predicted molar refractivity (Wildman–Crippen MR) is 88.2 cm³/mol. The van der Waals surface area contributed by atoms with Gasteiger partial charge >= 0.3 is 0 Å². The maximum absolute atomic E-state index is 5.81. The monoisotopic (exact) mass is 286 g/mol. The minimum atomic E-state index is 0.229. The number of rotatable bonds is 9. The van der Waals surface area contributed by atoms with Crippen molar-refractivity contribution in [1.82, 2.24) is 0 Å². The molecule has 0 aromatic heterocycles. The van der Waals surface area contributed by atoms with Gasteiger partial charge in [-0.05, 0) is 29.6 Å². The van der Waals surface area contributed by atoms with Crippen molar-refractivity contribution in [2.45, 2.75) is 80.3 Å². The third-order valence-electron chi connectivity index (χ3n) is 3.59. The molecule has 2 unspecified atom stereocenters. The first-order valence-corrected chi connectivity index (χ1v) is 8.16. The Labute approximate surface area is 127 Å². The van der Waals surface area contributed by atoms with Crippen molar-refractivity contribution in [1.29, 1.82) is 0 Å². The smallest absolute Gasteiger partial charge is 0.0830 e. The lowest BCUT2D eigenvalue weighted by Gasteiger charge is -2.25. The minimum Gasteiger partial charge on any atom is -0.379 e. The predicted octanol–water partition coefficient (Wildman–Crippen LogP) is 5.31. The Balaban J connectivity index is 3.88. The van der Waals surface area contributed by atoms with Crippen LogP contribution < -0.4 is 0 Å². The maximum atomic E-state index is 5.81. The van der Waals surface area contributed by atoms with Crippen molar-refractivity contribution in [3.05, 3.63) is 0 Å². The molecule has 0 heterocycles. The van der Waals surface area contributed by atoms with Crippen LogP contribution in [-0.4, -0.2) is 26.4 Å². The van der Waals surface area contributed by atoms with Crippen molar-refractivity contribution >= 4 is 0 Å². The number of hydrogen-bond acceptors (Lipinski definition) is 2. The quantitative estimate of drug-likeness (QED) is 0.535. The lowest BCUT2D eigenvalue weighted by Crippen LogP contribution is -2.28. The Kier molecular flexibility index (Phi) is 9.01. The summed E-state index contributed by atoms with van der Waals surface area (Å²) in [5, 5.41) is 0. The molecule has 0 amide bonds. The van der Waals surface area contributed by atoms with Gasteiger partial charge in [-0.15, -0.1) is 0 Å². The van der Waals surface area contributed by atoms with Crippen LogP contribution in [0, 0.1) is 16.7 Å². The fraction of sp³-hybridized carbons (Fsp3) is 1.00. The Morgan fingerprint density at radius 1 is 0.900 bits per heavy atom. The topological polar surface area (TPSA) is 18.5 Å². The molecule has 0 aliphatic heterocycles. The molecule has 0 saturated heterocycles. The average Bonchev–Trinajstić information content (AvgIpc) is 2.27. The summed E-state index contributed by atoms with van der Waals surface area (Å²) < 4.78 is 11.4. The van der Waals surface area contributed by atoms with Crippen molar-refractivity contribution in [2.24, 2.45) is 16.7 Å². The Morgan fingerprint density at radius 2 is 1.50 bits per heavy atom. The van der Waals surface area contributed by atoms with Crippen molar-refractivity contribution in [3.8, 4) is 0 Å². The highest BCUT2D eigenvalue weighted by Crippen LogP contribution is 2.24. The van der Waals surface area contributed by atoms with Gasteiger partial charge in [-0.2, -0.15) is 0 Å². The zero-order chi connectivity index (χ0) is 15.8. The lowest BCUT2D eigenvalue weighted by molar-refractivity contribution is -0.0377. The van der Waals surface area contributed by atoms with Gasteiger partial charge in [0.25, 0.3) is 0 Å². The summed E-state index contributed by atoms with van der Waals surface area (Å²) >= 11 is 0. The summed E-state index contributed by atoms with van der Waals surface area (Å²) in [5.41, 5.74) is 0.688. The first-order chi connectivity index (χ1) is 9.05. The normalized spacial score (nSPS) is 16.2. The zero-order valence-corrected chi connectivity index (χ0v) is 15.2. The molecule has 20 heavy (non-hydrogen) atoms. The van der Waals surface area contributed by atoms with Gasteiger partial charge in [0.2, 0.25) is 0 Å². The van der Waals surface area contributed by atoms with Gasteiger partial charge in [-0.3, -0.25) is 0 Å². The van der Waals surface area contributed by atoms with Gasteiger partial charge in [-0.25, -0.2) is 0 Å². The first-order valence-electron chi connectivity index (χ1n) is 8.16. The molecule has 2 atom stereocenters. The van der Waals surface area contributed by atoms with E-state index >= 15 is 0 Å². The van der Waals surface area contributed by atoms with E-state index in [9.17, 15) is 0 Å². The maximum Gasteiger partial charge on any atom is 0.0830 e. The van der Waals surface area contributed by atoms with E-state index in [-0.39, 0.29) is 11.5 Å².